The Kier molecular flexibility index (Phi) is 4.27. The van der Waals surface area contributed by atoms with Crippen LogP contribution < -0.4 is 16.2 Å². The second kappa shape index (κ2) is 5.75. The Balaban J connectivity index is 2.25. The fourth-order valence-electron chi connectivity index (χ4n) is 2.36. The monoisotopic (exact) mass is 282 g/mol. The van der Waals surface area contributed by atoms with E-state index in [1.165, 1.54) is 4.68 Å². The lowest BCUT2D eigenvalue weighted by Crippen LogP contribution is -2.31. The van der Waals surface area contributed by atoms with E-state index in [-0.39, 0.29) is 16.6 Å². The van der Waals surface area contributed by atoms with Crippen LogP contribution in [0.3, 0.4) is 0 Å². The SMILES string of the molecule is C=CCn1ncc(N2CCC(C(C)N)C2)c(Cl)c1=O. The Bertz CT molecular complexity index is 526. The lowest BCUT2D eigenvalue weighted by Gasteiger charge is -2.20. The first kappa shape index (κ1) is 14.1. The molecule has 6 heteroatoms. The molecule has 104 valence electrons. The van der Waals surface area contributed by atoms with Crippen LogP contribution in [0.2, 0.25) is 5.02 Å². The molecule has 2 rings (SSSR count). The smallest absolute Gasteiger partial charge is 0.287 e. The van der Waals surface area contributed by atoms with Crippen molar-refractivity contribution in [1.29, 1.82) is 0 Å². The van der Waals surface area contributed by atoms with Crippen LogP contribution >= 0.6 is 11.6 Å². The number of hydrogen-bond acceptors (Lipinski definition) is 4. The van der Waals surface area contributed by atoms with E-state index in [1.807, 2.05) is 6.92 Å². The van der Waals surface area contributed by atoms with E-state index in [2.05, 4.69) is 16.6 Å². The summed E-state index contributed by atoms with van der Waals surface area (Å²) in [5.74, 6) is 0.437. The van der Waals surface area contributed by atoms with Gasteiger partial charge in [0.25, 0.3) is 5.56 Å². The Labute approximate surface area is 117 Å². The average molecular weight is 283 g/mol. The van der Waals surface area contributed by atoms with Crippen LogP contribution in [0.25, 0.3) is 0 Å². The molecule has 0 saturated carbocycles. The molecule has 0 aliphatic carbocycles. The normalized spacial score (nSPS) is 20.6. The zero-order chi connectivity index (χ0) is 14.0. The lowest BCUT2D eigenvalue weighted by molar-refractivity contribution is 0.488. The van der Waals surface area contributed by atoms with Gasteiger partial charge in [-0.25, -0.2) is 4.68 Å². The molecule has 1 saturated heterocycles. The number of nitrogens with zero attached hydrogens (tertiary/aromatic N) is 3. The first-order chi connectivity index (χ1) is 9.04. The number of nitrogens with two attached hydrogens (primary N) is 1. The summed E-state index contributed by atoms with van der Waals surface area (Å²) in [7, 11) is 0. The number of halogens is 1. The highest BCUT2D eigenvalue weighted by atomic mass is 35.5. The molecule has 2 atom stereocenters. The maximum atomic E-state index is 12.0. The number of hydrogen-bond donors (Lipinski definition) is 1. The maximum absolute atomic E-state index is 12.0. The fraction of sp³-hybridized carbons (Fsp3) is 0.538. The number of anilines is 1. The second-order valence-corrected chi connectivity index (χ2v) is 5.35. The van der Waals surface area contributed by atoms with Crippen molar-refractivity contribution in [2.75, 3.05) is 18.0 Å². The van der Waals surface area contributed by atoms with Crippen LogP contribution in [-0.2, 0) is 6.54 Å². The quantitative estimate of drug-likeness (QED) is 0.845. The molecule has 0 radical (unpaired) electrons. The number of allylic oxidation sites excluding steroid dienone is 1. The molecule has 0 bridgehead atoms. The van der Waals surface area contributed by atoms with E-state index in [0.717, 1.165) is 19.5 Å². The molecule has 1 aliphatic rings. The maximum Gasteiger partial charge on any atom is 0.287 e. The van der Waals surface area contributed by atoms with Crippen LogP contribution in [0.15, 0.2) is 23.6 Å². The Morgan fingerprint density at radius 1 is 1.74 bits per heavy atom. The standard InChI is InChI=1S/C13H19ClN4O/c1-3-5-18-13(19)12(14)11(7-16-18)17-6-4-10(8-17)9(2)15/h3,7,9-10H,1,4-6,8,15H2,2H3. The molecular weight excluding hydrogens is 264 g/mol. The first-order valence-electron chi connectivity index (χ1n) is 6.41. The molecule has 2 N–H and O–H groups in total. The van der Waals surface area contributed by atoms with Crippen molar-refractivity contribution >= 4 is 17.3 Å². The van der Waals surface area contributed by atoms with Crippen LogP contribution in [0, 0.1) is 5.92 Å². The molecular formula is C13H19ClN4O. The zero-order valence-corrected chi connectivity index (χ0v) is 11.8. The first-order valence-corrected chi connectivity index (χ1v) is 6.79. The minimum Gasteiger partial charge on any atom is -0.369 e. The third-order valence-electron chi connectivity index (χ3n) is 3.58. The largest absolute Gasteiger partial charge is 0.369 e. The molecule has 1 aromatic rings. The number of aromatic nitrogens is 2. The predicted molar refractivity (Wildman–Crippen MR) is 77.7 cm³/mol. The summed E-state index contributed by atoms with van der Waals surface area (Å²) in [5.41, 5.74) is 6.35. The van der Waals surface area contributed by atoms with E-state index in [1.54, 1.807) is 12.3 Å². The highest BCUT2D eigenvalue weighted by Crippen LogP contribution is 2.28. The van der Waals surface area contributed by atoms with E-state index in [4.69, 9.17) is 17.3 Å². The minimum atomic E-state index is -0.275. The Morgan fingerprint density at radius 3 is 3.05 bits per heavy atom. The van der Waals surface area contributed by atoms with E-state index < -0.39 is 0 Å². The van der Waals surface area contributed by atoms with Gasteiger partial charge < -0.3 is 10.6 Å². The van der Waals surface area contributed by atoms with Gasteiger partial charge in [0, 0.05) is 19.1 Å². The van der Waals surface area contributed by atoms with Crippen molar-refractivity contribution in [1.82, 2.24) is 9.78 Å². The predicted octanol–water partition coefficient (Wildman–Crippen LogP) is 1.26. The molecule has 1 aromatic heterocycles. The topological polar surface area (TPSA) is 64.2 Å². The fourth-order valence-corrected chi connectivity index (χ4v) is 2.63. The van der Waals surface area contributed by atoms with Gasteiger partial charge in [0.15, 0.2) is 0 Å². The summed E-state index contributed by atoms with van der Waals surface area (Å²) in [6, 6.07) is 0.151. The van der Waals surface area contributed by atoms with Gasteiger partial charge in [0.2, 0.25) is 0 Å². The molecule has 19 heavy (non-hydrogen) atoms. The van der Waals surface area contributed by atoms with Crippen molar-refractivity contribution in [2.24, 2.45) is 11.7 Å². The van der Waals surface area contributed by atoms with Crippen molar-refractivity contribution in [2.45, 2.75) is 25.9 Å². The summed E-state index contributed by atoms with van der Waals surface area (Å²) >= 11 is 6.16. The molecule has 0 amide bonds. The molecule has 2 heterocycles. The van der Waals surface area contributed by atoms with Gasteiger partial charge in [-0.3, -0.25) is 4.79 Å². The molecule has 0 aromatic carbocycles. The average Bonchev–Trinajstić information content (AvgIpc) is 2.85. The van der Waals surface area contributed by atoms with Crippen LogP contribution in [0.4, 0.5) is 5.69 Å². The molecule has 0 spiro atoms. The van der Waals surface area contributed by atoms with E-state index in [0.29, 0.717) is 18.2 Å². The zero-order valence-electron chi connectivity index (χ0n) is 11.1. The van der Waals surface area contributed by atoms with Crippen LogP contribution in [-0.4, -0.2) is 28.9 Å². The summed E-state index contributed by atoms with van der Waals surface area (Å²) in [6.45, 7) is 7.64. The summed E-state index contributed by atoms with van der Waals surface area (Å²) in [5, 5.41) is 4.34. The second-order valence-electron chi connectivity index (χ2n) is 4.97. The third-order valence-corrected chi connectivity index (χ3v) is 3.93. The van der Waals surface area contributed by atoms with Gasteiger partial charge in [-0.05, 0) is 19.3 Å². The molecule has 1 fully saturated rings. The minimum absolute atomic E-state index is 0.151. The summed E-state index contributed by atoms with van der Waals surface area (Å²) in [6.07, 6.45) is 4.28. The highest BCUT2D eigenvalue weighted by molar-refractivity contribution is 6.33. The lowest BCUT2D eigenvalue weighted by atomic mass is 10.0. The van der Waals surface area contributed by atoms with Gasteiger partial charge in [-0.2, -0.15) is 5.10 Å². The van der Waals surface area contributed by atoms with Crippen molar-refractivity contribution in [3.8, 4) is 0 Å². The van der Waals surface area contributed by atoms with Gasteiger partial charge in [0.05, 0.1) is 18.4 Å². The van der Waals surface area contributed by atoms with Gasteiger partial charge >= 0.3 is 0 Å². The Morgan fingerprint density at radius 2 is 2.47 bits per heavy atom. The van der Waals surface area contributed by atoms with Gasteiger partial charge in [-0.15, -0.1) is 6.58 Å². The molecule has 1 aliphatic heterocycles. The summed E-state index contributed by atoms with van der Waals surface area (Å²) in [4.78, 5) is 14.1. The Hall–Kier alpha value is -1.33. The molecule has 2 unspecified atom stereocenters. The van der Waals surface area contributed by atoms with Crippen molar-refractivity contribution in [3.63, 3.8) is 0 Å². The van der Waals surface area contributed by atoms with Gasteiger partial charge in [-0.1, -0.05) is 17.7 Å². The van der Waals surface area contributed by atoms with Crippen LogP contribution in [0.5, 0.6) is 0 Å². The summed E-state index contributed by atoms with van der Waals surface area (Å²) < 4.78 is 1.30. The number of rotatable bonds is 4. The molecule has 5 nitrogen and oxygen atoms in total. The van der Waals surface area contributed by atoms with Gasteiger partial charge in [0.1, 0.15) is 5.02 Å². The highest BCUT2D eigenvalue weighted by Gasteiger charge is 2.27. The third kappa shape index (κ3) is 2.82. The van der Waals surface area contributed by atoms with E-state index >= 15 is 0 Å². The van der Waals surface area contributed by atoms with Crippen molar-refractivity contribution < 1.29 is 0 Å². The van der Waals surface area contributed by atoms with E-state index in [9.17, 15) is 4.79 Å². The van der Waals surface area contributed by atoms with Crippen LogP contribution in [0.1, 0.15) is 13.3 Å². The van der Waals surface area contributed by atoms with Crippen molar-refractivity contribution in [3.05, 3.63) is 34.2 Å².